The maximum atomic E-state index is 13.1. The average molecular weight is 411 g/mol. The lowest BCUT2D eigenvalue weighted by Crippen LogP contribution is -2.31. The van der Waals surface area contributed by atoms with Crippen molar-refractivity contribution in [1.82, 2.24) is 20.1 Å². The molecule has 158 valence electrons. The topological polar surface area (TPSA) is 81.1 Å². The third-order valence-electron chi connectivity index (χ3n) is 5.39. The quantitative estimate of drug-likeness (QED) is 0.624. The molecule has 0 spiro atoms. The van der Waals surface area contributed by atoms with Crippen molar-refractivity contribution >= 4 is 22.6 Å². The van der Waals surface area contributed by atoms with E-state index in [0.717, 1.165) is 35.1 Å². The van der Waals surface area contributed by atoms with Gasteiger partial charge in [0.05, 0.1) is 22.8 Å². The van der Waals surface area contributed by atoms with Crippen molar-refractivity contribution in [2.75, 3.05) is 25.1 Å². The summed E-state index contributed by atoms with van der Waals surface area (Å²) in [6.45, 7) is 4.58. The number of hydrogen-bond acceptors (Lipinski definition) is 5. The fourth-order valence-corrected chi connectivity index (χ4v) is 3.70. The van der Waals surface area contributed by atoms with E-state index in [0.29, 0.717) is 38.3 Å². The fourth-order valence-electron chi connectivity index (χ4n) is 3.70. The largest absolute Gasteiger partial charge is 0.381 e. The molecule has 0 unspecified atom stereocenters. The molecule has 1 saturated heterocycles. The number of nitrogens with one attached hydrogen (secondary N) is 2. The number of carbonyl (C=O) groups is 1. The summed E-state index contributed by atoms with van der Waals surface area (Å²) in [4.78, 5) is 17.5. The molecule has 0 radical (unpaired) electrons. The van der Waals surface area contributed by atoms with Gasteiger partial charge in [-0.25, -0.2) is 14.1 Å². The third kappa shape index (κ3) is 4.43. The minimum atomic E-state index is -0.265. The second-order valence-corrected chi connectivity index (χ2v) is 7.41. The molecule has 30 heavy (non-hydrogen) atoms. The maximum absolute atomic E-state index is 13.1. The number of ether oxygens (including phenoxy) is 1. The fraction of sp³-hybridized carbons (Fsp3) is 0.409. The third-order valence-corrected chi connectivity index (χ3v) is 5.39. The Hall–Kier alpha value is -3.00. The first-order valence-electron chi connectivity index (χ1n) is 10.4. The van der Waals surface area contributed by atoms with Gasteiger partial charge in [0.2, 0.25) is 0 Å². The molecule has 0 aliphatic carbocycles. The number of fused-ring (bicyclic) bond motifs is 1. The summed E-state index contributed by atoms with van der Waals surface area (Å²) >= 11 is 0. The monoisotopic (exact) mass is 411 g/mol. The molecule has 3 aromatic rings. The minimum absolute atomic E-state index is 0.190. The van der Waals surface area contributed by atoms with Crippen LogP contribution in [0.15, 0.2) is 36.7 Å². The molecule has 2 N–H and O–H groups in total. The lowest BCUT2D eigenvalue weighted by molar-refractivity contribution is 0.0904. The number of benzene rings is 1. The molecule has 8 heteroatoms. The van der Waals surface area contributed by atoms with Crippen molar-refractivity contribution in [2.24, 2.45) is 0 Å². The van der Waals surface area contributed by atoms with E-state index < -0.39 is 0 Å². The first kappa shape index (κ1) is 20.3. The van der Waals surface area contributed by atoms with E-state index in [2.05, 4.69) is 20.7 Å². The molecule has 2 aromatic heterocycles. The second kappa shape index (κ2) is 9.21. The van der Waals surface area contributed by atoms with Crippen LogP contribution < -0.4 is 10.6 Å². The number of hydrogen-bond donors (Lipinski definition) is 2. The van der Waals surface area contributed by atoms with Crippen molar-refractivity contribution in [1.29, 1.82) is 0 Å². The van der Waals surface area contributed by atoms with Crippen LogP contribution in [0, 0.1) is 5.82 Å². The number of aromatic nitrogens is 3. The standard InChI is InChI=1S/C22H26FN5O2/c1-2-28-21-18(14-26-28)20(27-17-8-11-30-12-9-17)19(13-25-21)22(29)24-10-7-15-3-5-16(23)6-4-15/h3-6,13-14,17H,2,7-12H2,1H3,(H,24,29)(H,25,27). The van der Waals surface area contributed by atoms with Crippen molar-refractivity contribution in [3.8, 4) is 0 Å². The number of rotatable bonds is 7. The molecule has 1 fully saturated rings. The normalized spacial score (nSPS) is 14.7. The zero-order valence-electron chi connectivity index (χ0n) is 17.0. The van der Waals surface area contributed by atoms with E-state index in [9.17, 15) is 9.18 Å². The number of anilines is 1. The second-order valence-electron chi connectivity index (χ2n) is 7.41. The van der Waals surface area contributed by atoms with Gasteiger partial charge < -0.3 is 15.4 Å². The molecule has 1 aromatic carbocycles. The van der Waals surface area contributed by atoms with Crippen LogP contribution in [0.2, 0.25) is 0 Å². The predicted octanol–water partition coefficient (Wildman–Crippen LogP) is 3.15. The summed E-state index contributed by atoms with van der Waals surface area (Å²) in [5.41, 5.74) is 3.00. The Bertz CT molecular complexity index is 1010. The molecule has 1 aliphatic rings. The number of nitrogens with zero attached hydrogens (tertiary/aromatic N) is 3. The van der Waals surface area contributed by atoms with Crippen molar-refractivity contribution in [2.45, 2.75) is 38.8 Å². The van der Waals surface area contributed by atoms with Crippen molar-refractivity contribution in [3.63, 3.8) is 0 Å². The van der Waals surface area contributed by atoms with Gasteiger partial charge in [-0.15, -0.1) is 0 Å². The van der Waals surface area contributed by atoms with E-state index >= 15 is 0 Å². The summed E-state index contributed by atoms with van der Waals surface area (Å²) in [6.07, 6.45) is 5.78. The lowest BCUT2D eigenvalue weighted by Gasteiger charge is -2.25. The van der Waals surface area contributed by atoms with E-state index in [1.807, 2.05) is 11.6 Å². The van der Waals surface area contributed by atoms with Crippen molar-refractivity contribution < 1.29 is 13.9 Å². The molecule has 0 bridgehead atoms. The summed E-state index contributed by atoms with van der Waals surface area (Å²) < 4.78 is 20.3. The first-order chi connectivity index (χ1) is 14.7. The van der Waals surface area contributed by atoms with Gasteiger partial charge in [0.15, 0.2) is 5.65 Å². The summed E-state index contributed by atoms with van der Waals surface area (Å²) in [5, 5.41) is 11.8. The Labute approximate surface area is 174 Å². The minimum Gasteiger partial charge on any atom is -0.381 e. The smallest absolute Gasteiger partial charge is 0.254 e. The van der Waals surface area contributed by atoms with Gasteiger partial charge in [-0.2, -0.15) is 5.10 Å². The summed E-state index contributed by atoms with van der Waals surface area (Å²) in [6, 6.07) is 6.55. The predicted molar refractivity (Wildman–Crippen MR) is 113 cm³/mol. The number of carbonyl (C=O) groups excluding carboxylic acids is 1. The highest BCUT2D eigenvalue weighted by atomic mass is 19.1. The van der Waals surface area contributed by atoms with E-state index in [1.54, 1.807) is 24.5 Å². The summed E-state index contributed by atoms with van der Waals surface area (Å²) in [7, 11) is 0. The van der Waals surface area contributed by atoms with Gasteiger partial charge in [-0.1, -0.05) is 12.1 Å². The van der Waals surface area contributed by atoms with Gasteiger partial charge >= 0.3 is 0 Å². The van der Waals surface area contributed by atoms with Crippen LogP contribution in [0.25, 0.3) is 11.0 Å². The highest BCUT2D eigenvalue weighted by Crippen LogP contribution is 2.28. The van der Waals surface area contributed by atoms with Crippen LogP contribution in [0.5, 0.6) is 0 Å². The Morgan fingerprint density at radius 2 is 2.00 bits per heavy atom. The maximum Gasteiger partial charge on any atom is 0.254 e. The summed E-state index contributed by atoms with van der Waals surface area (Å²) in [5.74, 6) is -0.455. The Kier molecular flexibility index (Phi) is 6.23. The molecular weight excluding hydrogens is 385 g/mol. The highest BCUT2D eigenvalue weighted by molar-refractivity contribution is 6.06. The van der Waals surface area contributed by atoms with Gasteiger partial charge in [-0.3, -0.25) is 4.79 Å². The Morgan fingerprint density at radius 1 is 1.23 bits per heavy atom. The number of amides is 1. The van der Waals surface area contributed by atoms with Crippen LogP contribution >= 0.6 is 0 Å². The zero-order valence-corrected chi connectivity index (χ0v) is 17.0. The lowest BCUT2D eigenvalue weighted by atomic mass is 10.1. The van der Waals surface area contributed by atoms with Crippen LogP contribution in [-0.4, -0.2) is 46.5 Å². The first-order valence-corrected chi connectivity index (χ1v) is 10.4. The highest BCUT2D eigenvalue weighted by Gasteiger charge is 2.22. The molecule has 1 aliphatic heterocycles. The van der Waals surface area contributed by atoms with E-state index in [1.165, 1.54) is 12.1 Å². The molecule has 3 heterocycles. The Balaban J connectivity index is 1.54. The van der Waals surface area contributed by atoms with Crippen LogP contribution in [-0.2, 0) is 17.7 Å². The molecule has 0 atom stereocenters. The van der Waals surface area contributed by atoms with E-state index in [4.69, 9.17) is 4.74 Å². The number of aryl methyl sites for hydroxylation is 1. The average Bonchev–Trinajstić information content (AvgIpc) is 3.20. The van der Waals surface area contributed by atoms with Crippen molar-refractivity contribution in [3.05, 3.63) is 53.6 Å². The van der Waals surface area contributed by atoms with E-state index in [-0.39, 0.29) is 17.8 Å². The van der Waals surface area contributed by atoms with Gasteiger partial charge in [0.25, 0.3) is 5.91 Å². The number of pyridine rings is 1. The molecule has 1 amide bonds. The number of halogens is 1. The molecule has 4 rings (SSSR count). The molecular formula is C22H26FN5O2. The van der Waals surface area contributed by atoms with Gasteiger partial charge in [0.1, 0.15) is 5.82 Å². The van der Waals surface area contributed by atoms with Crippen LogP contribution in [0.1, 0.15) is 35.7 Å². The zero-order chi connectivity index (χ0) is 20.9. The van der Waals surface area contributed by atoms with Gasteiger partial charge in [0, 0.05) is 38.5 Å². The molecule has 0 saturated carbocycles. The van der Waals surface area contributed by atoms with Crippen LogP contribution in [0.4, 0.5) is 10.1 Å². The SMILES string of the molecule is CCn1ncc2c(NC3CCOCC3)c(C(=O)NCCc3ccc(F)cc3)cnc21. The van der Waals surface area contributed by atoms with Crippen LogP contribution in [0.3, 0.4) is 0 Å². The molecule has 7 nitrogen and oxygen atoms in total. The Morgan fingerprint density at radius 3 is 2.73 bits per heavy atom. The van der Waals surface area contributed by atoms with Gasteiger partial charge in [-0.05, 0) is 43.9 Å².